The van der Waals surface area contributed by atoms with Gasteiger partial charge in [0.2, 0.25) is 11.8 Å². The Labute approximate surface area is 222 Å². The zero-order chi connectivity index (χ0) is 26.4. The van der Waals surface area contributed by atoms with Crippen LogP contribution in [0.2, 0.25) is 5.02 Å². The lowest BCUT2D eigenvalue weighted by atomic mass is 9.89. The van der Waals surface area contributed by atoms with Crippen LogP contribution >= 0.6 is 11.6 Å². The number of anilines is 1. The molecule has 2 atom stereocenters. The highest BCUT2D eigenvalue weighted by Crippen LogP contribution is 2.44. The Hall–Kier alpha value is -4.37. The molecule has 6 rings (SSSR count). The van der Waals surface area contributed by atoms with Crippen molar-refractivity contribution in [2.24, 2.45) is 5.73 Å². The number of fused-ring (bicyclic) bond motifs is 3. The van der Waals surface area contributed by atoms with Crippen LogP contribution in [0.1, 0.15) is 39.5 Å². The van der Waals surface area contributed by atoms with Gasteiger partial charge in [0.05, 0.1) is 18.2 Å². The molecule has 0 radical (unpaired) electrons. The van der Waals surface area contributed by atoms with E-state index in [1.807, 2.05) is 30.3 Å². The van der Waals surface area contributed by atoms with E-state index in [1.54, 1.807) is 35.2 Å². The lowest BCUT2D eigenvalue weighted by Gasteiger charge is -2.35. The van der Waals surface area contributed by atoms with E-state index >= 15 is 0 Å². The van der Waals surface area contributed by atoms with E-state index < -0.39 is 23.5 Å². The smallest absolute Gasteiger partial charge is 0.412 e. The van der Waals surface area contributed by atoms with Gasteiger partial charge in [0, 0.05) is 34.5 Å². The Bertz CT molecular complexity index is 1590. The Balaban J connectivity index is 1.37. The number of carbonyl (C=O) groups is 3. The first-order valence-electron chi connectivity index (χ1n) is 12.1. The quantitative estimate of drug-likeness (QED) is 0.388. The number of ether oxygens (including phenoxy) is 1. The maximum absolute atomic E-state index is 14.1. The molecule has 1 aromatic heterocycles. The minimum absolute atomic E-state index is 0.168. The summed E-state index contributed by atoms with van der Waals surface area (Å²) in [5, 5.41) is 8.12. The number of benzene rings is 3. The fourth-order valence-corrected chi connectivity index (χ4v) is 5.55. The summed E-state index contributed by atoms with van der Waals surface area (Å²) in [7, 11) is 0. The van der Waals surface area contributed by atoms with Crippen molar-refractivity contribution >= 4 is 46.2 Å². The molecule has 0 aliphatic carbocycles. The zero-order valence-electron chi connectivity index (χ0n) is 20.1. The number of primary amides is 1. The molecule has 4 aromatic rings. The summed E-state index contributed by atoms with van der Waals surface area (Å²) in [4.78, 5) is 39.9. The summed E-state index contributed by atoms with van der Waals surface area (Å²) in [5.41, 5.74) is 7.86. The number of rotatable bonds is 5. The Kier molecular flexibility index (Phi) is 5.80. The molecular formula is C28H23ClN4O5. The Morgan fingerprint density at radius 3 is 2.74 bits per heavy atom. The number of nitrogens with zero attached hydrogens (tertiary/aromatic N) is 2. The summed E-state index contributed by atoms with van der Waals surface area (Å²) in [6.07, 6.45) is 0.244. The number of nitrogens with two attached hydrogens (primary N) is 1. The lowest BCUT2D eigenvalue weighted by Crippen LogP contribution is -2.43. The third-order valence-electron chi connectivity index (χ3n) is 7.24. The fourth-order valence-electron chi connectivity index (χ4n) is 5.38. The number of amides is 3. The topological polar surface area (TPSA) is 128 Å². The van der Waals surface area contributed by atoms with Crippen molar-refractivity contribution in [2.75, 3.05) is 18.4 Å². The molecule has 1 saturated heterocycles. The van der Waals surface area contributed by atoms with E-state index in [9.17, 15) is 14.4 Å². The summed E-state index contributed by atoms with van der Waals surface area (Å²) in [6, 6.07) is 19.7. The number of hydrogen-bond donors (Lipinski definition) is 2. The van der Waals surface area contributed by atoms with E-state index in [-0.39, 0.29) is 18.0 Å². The number of carbonyl (C=O) groups excluding carboxylic acids is 3. The normalized spacial score (nSPS) is 19.2. The number of aromatic nitrogens is 1. The number of halogens is 1. The van der Waals surface area contributed by atoms with Crippen LogP contribution in [0, 0.1) is 0 Å². The van der Waals surface area contributed by atoms with Crippen molar-refractivity contribution in [3.63, 3.8) is 0 Å². The van der Waals surface area contributed by atoms with Gasteiger partial charge in [0.25, 0.3) is 0 Å². The molecule has 3 amide bonds. The van der Waals surface area contributed by atoms with Crippen molar-refractivity contribution in [1.82, 2.24) is 10.1 Å². The molecule has 3 heterocycles. The molecule has 2 aliphatic rings. The van der Waals surface area contributed by atoms with Gasteiger partial charge in [-0.2, -0.15) is 0 Å². The van der Waals surface area contributed by atoms with Crippen molar-refractivity contribution in [1.29, 1.82) is 0 Å². The molecule has 3 aromatic carbocycles. The average molecular weight is 531 g/mol. The lowest BCUT2D eigenvalue weighted by molar-refractivity contribution is -0.133. The third-order valence-corrected chi connectivity index (χ3v) is 7.47. The van der Waals surface area contributed by atoms with Crippen LogP contribution in [0.3, 0.4) is 0 Å². The first-order chi connectivity index (χ1) is 18.3. The van der Waals surface area contributed by atoms with Crippen LogP contribution in [-0.2, 0) is 21.6 Å². The minimum Gasteiger partial charge on any atom is -0.436 e. The highest BCUT2D eigenvalue weighted by atomic mass is 35.5. The zero-order valence-corrected chi connectivity index (χ0v) is 20.9. The van der Waals surface area contributed by atoms with Gasteiger partial charge < -0.3 is 19.9 Å². The van der Waals surface area contributed by atoms with E-state index in [1.165, 1.54) is 6.07 Å². The van der Waals surface area contributed by atoms with Gasteiger partial charge in [-0.15, -0.1) is 0 Å². The third kappa shape index (κ3) is 4.14. The Morgan fingerprint density at radius 2 is 1.95 bits per heavy atom. The van der Waals surface area contributed by atoms with Crippen molar-refractivity contribution in [3.8, 4) is 0 Å². The second kappa shape index (κ2) is 9.18. The molecule has 1 spiro atoms. The predicted molar refractivity (Wildman–Crippen MR) is 140 cm³/mol. The first-order valence-corrected chi connectivity index (χ1v) is 12.5. The predicted octanol–water partition coefficient (Wildman–Crippen LogP) is 4.60. The highest BCUT2D eigenvalue weighted by molar-refractivity contribution is 6.30. The standard InChI is InChI=1S/C28H23ClN4O5/c29-18-7-9-22-21(14-18)28(37-27(36)31-22)10-11-33(15-28)26(35)20(12-16-4-2-1-3-5-16)24-19-8-6-17(25(30)34)13-23(19)38-32-24/h1-9,13-14,20H,10-12,15H2,(H2,30,34)(H,31,36)/t20-,28-/m0/s1. The largest absolute Gasteiger partial charge is 0.436 e. The molecule has 192 valence electrons. The number of hydrogen-bond acceptors (Lipinski definition) is 6. The van der Waals surface area contributed by atoms with Crippen molar-refractivity contribution in [3.05, 3.63) is 94.1 Å². The van der Waals surface area contributed by atoms with E-state index in [2.05, 4.69) is 10.5 Å². The second-order valence-electron chi connectivity index (χ2n) is 9.59. The Morgan fingerprint density at radius 1 is 1.13 bits per heavy atom. The van der Waals surface area contributed by atoms with Crippen LogP contribution in [0.5, 0.6) is 0 Å². The molecule has 0 bridgehead atoms. The molecular weight excluding hydrogens is 508 g/mol. The van der Waals surface area contributed by atoms with Crippen LogP contribution < -0.4 is 11.1 Å². The van der Waals surface area contributed by atoms with Gasteiger partial charge in [-0.3, -0.25) is 14.9 Å². The summed E-state index contributed by atoms with van der Waals surface area (Å²) < 4.78 is 11.3. The van der Waals surface area contributed by atoms with E-state index in [0.717, 1.165) is 11.1 Å². The SMILES string of the molecule is NC(=O)c1ccc2c([C@H](Cc3ccccc3)C(=O)N3CC[C@@]4(C3)OC(=O)Nc3ccc(Cl)cc34)noc2c1. The van der Waals surface area contributed by atoms with Crippen LogP contribution in [0.25, 0.3) is 11.0 Å². The minimum atomic E-state index is -1.00. The monoisotopic (exact) mass is 530 g/mol. The van der Waals surface area contributed by atoms with Crippen LogP contribution in [-0.4, -0.2) is 41.1 Å². The van der Waals surface area contributed by atoms with Gasteiger partial charge in [-0.1, -0.05) is 47.1 Å². The van der Waals surface area contributed by atoms with Gasteiger partial charge >= 0.3 is 6.09 Å². The first kappa shape index (κ1) is 24.0. The van der Waals surface area contributed by atoms with Crippen LogP contribution in [0.15, 0.2) is 71.3 Å². The molecule has 3 N–H and O–H groups in total. The van der Waals surface area contributed by atoms with Crippen molar-refractivity contribution < 1.29 is 23.6 Å². The van der Waals surface area contributed by atoms with Crippen molar-refractivity contribution in [2.45, 2.75) is 24.4 Å². The molecule has 2 aliphatic heterocycles. The summed E-state index contributed by atoms with van der Waals surface area (Å²) in [6.45, 7) is 0.560. The maximum atomic E-state index is 14.1. The fraction of sp³-hybridized carbons (Fsp3) is 0.214. The number of nitrogens with one attached hydrogen (secondary N) is 1. The van der Waals surface area contributed by atoms with Gasteiger partial charge in [0.1, 0.15) is 5.69 Å². The molecule has 38 heavy (non-hydrogen) atoms. The van der Waals surface area contributed by atoms with Gasteiger partial charge in [0.15, 0.2) is 11.2 Å². The molecule has 10 heteroatoms. The van der Waals surface area contributed by atoms with E-state index in [4.69, 9.17) is 26.6 Å². The summed E-state index contributed by atoms with van der Waals surface area (Å²) in [5.74, 6) is -1.43. The molecule has 0 saturated carbocycles. The van der Waals surface area contributed by atoms with Gasteiger partial charge in [-0.05, 0) is 48.4 Å². The van der Waals surface area contributed by atoms with E-state index in [0.29, 0.717) is 46.8 Å². The average Bonchev–Trinajstić information content (AvgIpc) is 3.52. The summed E-state index contributed by atoms with van der Waals surface area (Å²) >= 11 is 6.27. The maximum Gasteiger partial charge on any atom is 0.412 e. The highest BCUT2D eigenvalue weighted by Gasteiger charge is 2.49. The van der Waals surface area contributed by atoms with Gasteiger partial charge in [-0.25, -0.2) is 4.79 Å². The number of likely N-dealkylation sites (tertiary alicyclic amines) is 1. The van der Waals surface area contributed by atoms with Crippen LogP contribution in [0.4, 0.5) is 10.5 Å². The second-order valence-corrected chi connectivity index (χ2v) is 10.0. The molecule has 0 unspecified atom stereocenters. The molecule has 1 fully saturated rings. The molecule has 9 nitrogen and oxygen atoms in total.